The number of benzene rings is 5. The van der Waals surface area contributed by atoms with Gasteiger partial charge in [0.2, 0.25) is 0 Å². The lowest BCUT2D eigenvalue weighted by Gasteiger charge is -2.45. The number of esters is 1. The molecule has 4 nitrogen and oxygen atoms in total. The topological polar surface area (TPSA) is 32.8 Å². The molecule has 0 aromatic heterocycles. The SMILES string of the molecule is CCOC(=O)C(CN(Cc1ccccc1)Cc1ccccc1)(c1cccc(Cl)c1)N(Cc1ccccc1)Cc1ccccc1. The zero-order valence-electron chi connectivity index (χ0n) is 25.2. The molecule has 0 aliphatic carbocycles. The van der Waals surface area contributed by atoms with Crippen molar-refractivity contribution >= 4 is 17.6 Å². The Morgan fingerprint density at radius 3 is 1.45 bits per heavy atom. The molecule has 5 heteroatoms. The minimum Gasteiger partial charge on any atom is -0.464 e. The van der Waals surface area contributed by atoms with Crippen molar-refractivity contribution in [2.75, 3.05) is 13.2 Å². The van der Waals surface area contributed by atoms with E-state index in [4.69, 9.17) is 16.3 Å². The summed E-state index contributed by atoms with van der Waals surface area (Å²) in [6.45, 7) is 4.89. The van der Waals surface area contributed by atoms with E-state index in [1.807, 2.05) is 79.7 Å². The van der Waals surface area contributed by atoms with Gasteiger partial charge in [0.15, 0.2) is 5.54 Å². The number of hydrogen-bond donors (Lipinski definition) is 0. The Labute approximate surface area is 266 Å². The van der Waals surface area contributed by atoms with Crippen molar-refractivity contribution < 1.29 is 9.53 Å². The lowest BCUT2D eigenvalue weighted by Crippen LogP contribution is -2.58. The predicted octanol–water partition coefficient (Wildman–Crippen LogP) is 8.50. The Bertz CT molecular complexity index is 1500. The minimum atomic E-state index is -1.18. The Kier molecular flexibility index (Phi) is 11.0. The van der Waals surface area contributed by atoms with E-state index < -0.39 is 5.54 Å². The van der Waals surface area contributed by atoms with Crippen LogP contribution in [0.3, 0.4) is 0 Å². The molecule has 0 bridgehead atoms. The van der Waals surface area contributed by atoms with Crippen molar-refractivity contribution in [1.29, 1.82) is 0 Å². The lowest BCUT2D eigenvalue weighted by molar-refractivity contribution is -0.162. The zero-order chi connectivity index (χ0) is 30.6. The summed E-state index contributed by atoms with van der Waals surface area (Å²) in [6, 6.07) is 49.2. The van der Waals surface area contributed by atoms with Gasteiger partial charge in [-0.15, -0.1) is 0 Å². The van der Waals surface area contributed by atoms with Crippen molar-refractivity contribution in [1.82, 2.24) is 9.80 Å². The molecule has 5 aromatic carbocycles. The van der Waals surface area contributed by atoms with Gasteiger partial charge in [-0.3, -0.25) is 9.80 Å². The standard InChI is InChI=1S/C39H39ClN2O2/c1-2-44-38(43)39(36-24-15-25-37(40)26-36,42(29-34-20-11-5-12-21-34)30-35-22-13-6-14-23-35)31-41(27-32-16-7-3-8-17-32)28-33-18-9-4-10-19-33/h3-26H,2,27-31H2,1H3. The first-order valence-corrected chi connectivity index (χ1v) is 15.5. The molecule has 5 aromatic rings. The van der Waals surface area contributed by atoms with Gasteiger partial charge in [0, 0.05) is 37.7 Å². The maximum atomic E-state index is 14.7. The quantitative estimate of drug-likeness (QED) is 0.119. The second-order valence-electron chi connectivity index (χ2n) is 11.0. The normalized spacial score (nSPS) is 12.6. The van der Waals surface area contributed by atoms with Gasteiger partial charge < -0.3 is 4.74 Å². The first-order chi connectivity index (χ1) is 21.6. The first kappa shape index (κ1) is 31.2. The van der Waals surface area contributed by atoms with Crippen molar-refractivity contribution in [3.05, 3.63) is 178 Å². The van der Waals surface area contributed by atoms with Gasteiger partial charge in [0.05, 0.1) is 6.61 Å². The Balaban J connectivity index is 1.69. The van der Waals surface area contributed by atoms with Crippen LogP contribution in [0, 0.1) is 0 Å². The third-order valence-corrected chi connectivity index (χ3v) is 8.07. The highest BCUT2D eigenvalue weighted by Gasteiger charge is 2.48. The van der Waals surface area contributed by atoms with E-state index in [1.54, 1.807) is 0 Å². The Hall–Kier alpha value is -4.22. The molecule has 1 unspecified atom stereocenters. The number of halogens is 1. The Morgan fingerprint density at radius 2 is 1.05 bits per heavy atom. The summed E-state index contributed by atoms with van der Waals surface area (Å²) >= 11 is 6.67. The van der Waals surface area contributed by atoms with Gasteiger partial charge >= 0.3 is 5.97 Å². The van der Waals surface area contributed by atoms with E-state index in [0.29, 0.717) is 37.7 Å². The van der Waals surface area contributed by atoms with E-state index in [0.717, 1.165) is 16.7 Å². The van der Waals surface area contributed by atoms with Crippen LogP contribution in [-0.4, -0.2) is 28.9 Å². The molecular weight excluding hydrogens is 564 g/mol. The molecule has 0 saturated heterocycles. The van der Waals surface area contributed by atoms with Gasteiger partial charge in [-0.1, -0.05) is 145 Å². The van der Waals surface area contributed by atoms with Crippen LogP contribution in [0.15, 0.2) is 146 Å². The summed E-state index contributed by atoms with van der Waals surface area (Å²) in [5.74, 6) is -0.291. The van der Waals surface area contributed by atoms with Gasteiger partial charge in [0.1, 0.15) is 0 Å². The van der Waals surface area contributed by atoms with Gasteiger partial charge in [-0.25, -0.2) is 4.79 Å². The van der Waals surface area contributed by atoms with E-state index in [9.17, 15) is 4.79 Å². The first-order valence-electron chi connectivity index (χ1n) is 15.1. The third kappa shape index (κ3) is 8.03. The summed E-state index contributed by atoms with van der Waals surface area (Å²) in [5, 5.41) is 0.577. The van der Waals surface area contributed by atoms with Crippen molar-refractivity contribution in [2.45, 2.75) is 38.6 Å². The molecular formula is C39H39ClN2O2. The highest BCUT2D eigenvalue weighted by atomic mass is 35.5. The van der Waals surface area contributed by atoms with E-state index in [1.165, 1.54) is 11.1 Å². The fourth-order valence-electron chi connectivity index (χ4n) is 5.79. The molecule has 0 heterocycles. The van der Waals surface area contributed by atoms with Crippen LogP contribution in [0.5, 0.6) is 0 Å². The highest BCUT2D eigenvalue weighted by molar-refractivity contribution is 6.30. The lowest BCUT2D eigenvalue weighted by atomic mass is 9.85. The van der Waals surface area contributed by atoms with Crippen LogP contribution in [0.1, 0.15) is 34.7 Å². The van der Waals surface area contributed by atoms with Crippen LogP contribution >= 0.6 is 11.6 Å². The molecule has 44 heavy (non-hydrogen) atoms. The number of rotatable bonds is 14. The maximum Gasteiger partial charge on any atom is 0.332 e. The van der Waals surface area contributed by atoms with Gasteiger partial charge in [0.25, 0.3) is 0 Å². The van der Waals surface area contributed by atoms with Crippen molar-refractivity contribution in [2.24, 2.45) is 0 Å². The van der Waals surface area contributed by atoms with E-state index in [2.05, 4.69) is 82.6 Å². The summed E-state index contributed by atoms with van der Waals surface area (Å²) < 4.78 is 6.01. The molecule has 0 aliphatic rings. The van der Waals surface area contributed by atoms with Crippen LogP contribution in [0.4, 0.5) is 0 Å². The second kappa shape index (κ2) is 15.5. The average Bonchev–Trinajstić information content (AvgIpc) is 3.05. The van der Waals surface area contributed by atoms with Crippen LogP contribution in [0.25, 0.3) is 0 Å². The van der Waals surface area contributed by atoms with Gasteiger partial charge in [-0.05, 0) is 46.9 Å². The average molecular weight is 603 g/mol. The van der Waals surface area contributed by atoms with Crippen LogP contribution in [0.2, 0.25) is 5.02 Å². The Morgan fingerprint density at radius 1 is 0.614 bits per heavy atom. The third-order valence-electron chi connectivity index (χ3n) is 7.84. The number of hydrogen-bond acceptors (Lipinski definition) is 4. The largest absolute Gasteiger partial charge is 0.464 e. The maximum absolute atomic E-state index is 14.7. The minimum absolute atomic E-state index is 0.267. The van der Waals surface area contributed by atoms with E-state index in [-0.39, 0.29) is 12.6 Å². The molecule has 0 saturated carbocycles. The smallest absolute Gasteiger partial charge is 0.332 e. The summed E-state index contributed by atoms with van der Waals surface area (Å²) in [7, 11) is 0. The fraction of sp³-hybridized carbons (Fsp3) is 0.205. The zero-order valence-corrected chi connectivity index (χ0v) is 25.9. The molecule has 224 valence electrons. The molecule has 0 spiro atoms. The highest BCUT2D eigenvalue weighted by Crippen LogP contribution is 2.37. The fourth-order valence-corrected chi connectivity index (χ4v) is 5.98. The molecule has 0 fully saturated rings. The molecule has 5 rings (SSSR count). The number of carbonyl (C=O) groups is 1. The van der Waals surface area contributed by atoms with E-state index >= 15 is 0 Å². The molecule has 1 atom stereocenters. The van der Waals surface area contributed by atoms with Crippen LogP contribution < -0.4 is 0 Å². The van der Waals surface area contributed by atoms with Crippen molar-refractivity contribution in [3.8, 4) is 0 Å². The summed E-state index contributed by atoms with van der Waals surface area (Å²) in [4.78, 5) is 19.3. The summed E-state index contributed by atoms with van der Waals surface area (Å²) in [6.07, 6.45) is 0. The predicted molar refractivity (Wildman–Crippen MR) is 179 cm³/mol. The number of ether oxygens (including phenoxy) is 1. The van der Waals surface area contributed by atoms with Crippen molar-refractivity contribution in [3.63, 3.8) is 0 Å². The van der Waals surface area contributed by atoms with Gasteiger partial charge in [-0.2, -0.15) is 0 Å². The number of carbonyl (C=O) groups excluding carboxylic acids is 1. The summed E-state index contributed by atoms with van der Waals surface area (Å²) in [5.41, 5.74) is 4.18. The van der Waals surface area contributed by atoms with Crippen LogP contribution in [-0.2, 0) is 41.2 Å². The number of nitrogens with zero attached hydrogens (tertiary/aromatic N) is 2. The molecule has 0 aliphatic heterocycles. The molecule has 0 N–H and O–H groups in total. The molecule has 0 radical (unpaired) electrons. The monoisotopic (exact) mass is 602 g/mol. The second-order valence-corrected chi connectivity index (χ2v) is 11.5. The molecule has 0 amide bonds.